The number of anilines is 3. The summed E-state index contributed by atoms with van der Waals surface area (Å²) in [6, 6.07) is 25.5. The lowest BCUT2D eigenvalue weighted by molar-refractivity contribution is -0.119. The van der Waals surface area contributed by atoms with Crippen molar-refractivity contribution in [3.8, 4) is 0 Å². The minimum absolute atomic E-state index is 0.0342. The highest BCUT2D eigenvalue weighted by Crippen LogP contribution is 2.32. The van der Waals surface area contributed by atoms with E-state index >= 15 is 0 Å². The fourth-order valence-corrected chi connectivity index (χ4v) is 3.94. The third-order valence-electron chi connectivity index (χ3n) is 5.06. The van der Waals surface area contributed by atoms with E-state index in [1.54, 1.807) is 24.3 Å². The number of carbonyl (C=O) groups is 2. The summed E-state index contributed by atoms with van der Waals surface area (Å²) in [5.74, 6) is -0.478. The third-order valence-corrected chi connectivity index (χ3v) is 5.65. The molecule has 4 rings (SSSR count). The number of para-hydroxylation sites is 3. The molecule has 1 heterocycles. The Morgan fingerprint density at radius 3 is 1.94 bits per heavy atom. The number of aliphatic imine (C=N–C) groups is 1. The fraction of sp³-hybridized carbons (Fsp3) is 0.125. The molecule has 0 N–H and O–H groups in total. The van der Waals surface area contributed by atoms with Gasteiger partial charge in [-0.3, -0.25) is 9.69 Å². The lowest BCUT2D eigenvalue weighted by Gasteiger charge is -2.31. The van der Waals surface area contributed by atoms with Gasteiger partial charge < -0.3 is 4.90 Å². The molecule has 3 amide bonds. The van der Waals surface area contributed by atoms with Crippen LogP contribution in [0.15, 0.2) is 89.9 Å². The molecule has 1 fully saturated rings. The lowest BCUT2D eigenvalue weighted by Crippen LogP contribution is -2.37. The number of urea groups is 1. The third kappa shape index (κ3) is 4.07. The van der Waals surface area contributed by atoms with Crippen molar-refractivity contribution in [1.82, 2.24) is 4.90 Å². The van der Waals surface area contributed by atoms with Crippen LogP contribution in [0.25, 0.3) is 0 Å². The molecule has 1 atom stereocenters. The summed E-state index contributed by atoms with van der Waals surface area (Å²) in [5, 5.41) is 0.335. The number of amidine groups is 1. The van der Waals surface area contributed by atoms with Gasteiger partial charge >= 0.3 is 6.03 Å². The molecule has 0 bridgehead atoms. The predicted octanol–water partition coefficient (Wildman–Crippen LogP) is 5.54. The van der Waals surface area contributed by atoms with E-state index < -0.39 is 18.1 Å². The Bertz CT molecular complexity index is 1120. The van der Waals surface area contributed by atoms with Crippen LogP contribution in [0.5, 0.6) is 0 Å². The maximum absolute atomic E-state index is 13.0. The molecule has 1 aliphatic heterocycles. The monoisotopic (exact) mass is 466 g/mol. The van der Waals surface area contributed by atoms with Crippen molar-refractivity contribution in [2.24, 2.45) is 4.99 Å². The van der Waals surface area contributed by atoms with Crippen LogP contribution < -0.4 is 9.80 Å². The standard InChI is InChI=1S/C24H20Cl2N4O2/c1-28-23(31)22(30(24(28)32)20-15-9-8-14-19(20)26)27-21(16-25)29(17-10-4-2-5-11-17)18-12-6-3-7-13-18/h2-15,21H,16H2,1H3/b27-22+. The number of imide groups is 1. The van der Waals surface area contributed by atoms with Gasteiger partial charge in [0.05, 0.1) is 16.6 Å². The zero-order chi connectivity index (χ0) is 22.7. The van der Waals surface area contributed by atoms with Gasteiger partial charge in [-0.1, -0.05) is 60.1 Å². The molecule has 3 aromatic rings. The SMILES string of the molecule is CN1C(=O)/C(=N\C(CCl)N(c2ccccc2)c2ccccc2)N(c2ccccc2Cl)C1=O. The second-order valence-corrected chi connectivity index (χ2v) is 7.78. The van der Waals surface area contributed by atoms with Crippen LogP contribution in [0.3, 0.4) is 0 Å². The van der Waals surface area contributed by atoms with Crippen LogP contribution in [-0.2, 0) is 4.79 Å². The number of halogens is 2. The number of nitrogens with zero attached hydrogens (tertiary/aromatic N) is 4. The number of rotatable bonds is 6. The largest absolute Gasteiger partial charge is 0.337 e. The Kier molecular flexibility index (Phi) is 6.44. The first-order valence-corrected chi connectivity index (χ1v) is 10.8. The van der Waals surface area contributed by atoms with E-state index in [1.165, 1.54) is 11.9 Å². The highest BCUT2D eigenvalue weighted by molar-refractivity contribution is 6.55. The molecule has 1 saturated heterocycles. The predicted molar refractivity (Wildman–Crippen MR) is 129 cm³/mol. The molecular weight excluding hydrogens is 447 g/mol. The minimum atomic E-state index is -0.662. The quantitative estimate of drug-likeness (QED) is 0.353. The summed E-state index contributed by atoms with van der Waals surface area (Å²) in [4.78, 5) is 34.8. The minimum Gasteiger partial charge on any atom is -0.318 e. The molecule has 0 saturated carbocycles. The van der Waals surface area contributed by atoms with E-state index in [4.69, 9.17) is 28.2 Å². The molecule has 32 heavy (non-hydrogen) atoms. The summed E-state index contributed by atoms with van der Waals surface area (Å²) >= 11 is 12.7. The summed E-state index contributed by atoms with van der Waals surface area (Å²) in [6.07, 6.45) is -0.662. The van der Waals surface area contributed by atoms with Crippen molar-refractivity contribution < 1.29 is 9.59 Å². The first kappa shape index (κ1) is 21.9. The average molecular weight is 467 g/mol. The van der Waals surface area contributed by atoms with Gasteiger partial charge in [0.25, 0.3) is 5.91 Å². The summed E-state index contributed by atoms with van der Waals surface area (Å²) < 4.78 is 0. The number of hydrogen-bond acceptors (Lipinski definition) is 4. The maximum Gasteiger partial charge on any atom is 0.337 e. The summed E-state index contributed by atoms with van der Waals surface area (Å²) in [5.41, 5.74) is 2.08. The van der Waals surface area contributed by atoms with Gasteiger partial charge in [-0.05, 0) is 36.4 Å². The summed E-state index contributed by atoms with van der Waals surface area (Å²) in [6.45, 7) is 0. The molecule has 0 aliphatic carbocycles. The molecule has 162 valence electrons. The molecule has 6 nitrogen and oxygen atoms in total. The van der Waals surface area contributed by atoms with Crippen LogP contribution in [-0.4, -0.2) is 41.8 Å². The van der Waals surface area contributed by atoms with E-state index in [9.17, 15) is 9.59 Å². The van der Waals surface area contributed by atoms with Crippen LogP contribution in [0, 0.1) is 0 Å². The van der Waals surface area contributed by atoms with Gasteiger partial charge in [-0.2, -0.15) is 0 Å². The van der Waals surface area contributed by atoms with E-state index in [0.29, 0.717) is 10.7 Å². The number of benzene rings is 3. The molecule has 0 spiro atoms. The fourth-order valence-electron chi connectivity index (χ4n) is 3.51. The van der Waals surface area contributed by atoms with E-state index in [2.05, 4.69) is 0 Å². The van der Waals surface area contributed by atoms with E-state index in [-0.39, 0.29) is 11.7 Å². The second kappa shape index (κ2) is 9.42. The van der Waals surface area contributed by atoms with Crippen LogP contribution in [0.2, 0.25) is 5.02 Å². The van der Waals surface area contributed by atoms with Crippen LogP contribution >= 0.6 is 23.2 Å². The van der Waals surface area contributed by atoms with Gasteiger partial charge in [0.2, 0.25) is 5.84 Å². The van der Waals surface area contributed by atoms with Crippen molar-refractivity contribution in [1.29, 1.82) is 0 Å². The van der Waals surface area contributed by atoms with Crippen molar-refractivity contribution >= 4 is 58.0 Å². The maximum atomic E-state index is 13.0. The Morgan fingerprint density at radius 2 is 1.41 bits per heavy atom. The van der Waals surface area contributed by atoms with Crippen molar-refractivity contribution in [2.75, 3.05) is 22.7 Å². The van der Waals surface area contributed by atoms with Crippen molar-refractivity contribution in [2.45, 2.75) is 6.17 Å². The van der Waals surface area contributed by atoms with E-state index in [0.717, 1.165) is 16.3 Å². The molecule has 0 aromatic heterocycles. The first-order valence-electron chi connectivity index (χ1n) is 9.92. The zero-order valence-electron chi connectivity index (χ0n) is 17.2. The second-order valence-electron chi connectivity index (χ2n) is 7.06. The number of carbonyl (C=O) groups excluding carboxylic acids is 2. The molecule has 3 aromatic carbocycles. The smallest absolute Gasteiger partial charge is 0.318 e. The highest BCUT2D eigenvalue weighted by Gasteiger charge is 2.42. The van der Waals surface area contributed by atoms with Gasteiger partial charge in [-0.25, -0.2) is 14.7 Å². The number of likely N-dealkylation sites (N-methyl/N-ethyl adjacent to an activating group) is 1. The van der Waals surface area contributed by atoms with Crippen molar-refractivity contribution in [3.05, 3.63) is 90.0 Å². The lowest BCUT2D eigenvalue weighted by atomic mass is 10.2. The Balaban J connectivity index is 1.84. The Hall–Kier alpha value is -3.35. The van der Waals surface area contributed by atoms with Gasteiger partial charge in [0, 0.05) is 18.4 Å². The first-order chi connectivity index (χ1) is 15.5. The van der Waals surface area contributed by atoms with Crippen LogP contribution in [0.4, 0.5) is 21.9 Å². The zero-order valence-corrected chi connectivity index (χ0v) is 18.7. The average Bonchev–Trinajstić information content (AvgIpc) is 3.03. The molecule has 1 unspecified atom stereocenters. The van der Waals surface area contributed by atoms with Crippen molar-refractivity contribution in [3.63, 3.8) is 0 Å². The van der Waals surface area contributed by atoms with Gasteiger partial charge in [-0.15, -0.1) is 11.6 Å². The van der Waals surface area contributed by atoms with E-state index in [1.807, 2.05) is 65.6 Å². The number of amides is 3. The topological polar surface area (TPSA) is 56.2 Å². The molecular formula is C24H20Cl2N4O2. The Labute approximate surface area is 196 Å². The highest BCUT2D eigenvalue weighted by atomic mass is 35.5. The summed E-state index contributed by atoms with van der Waals surface area (Å²) in [7, 11) is 1.42. The molecule has 0 radical (unpaired) electrons. The molecule has 1 aliphatic rings. The van der Waals surface area contributed by atoms with Gasteiger partial charge in [0.1, 0.15) is 6.17 Å². The number of hydrogen-bond donors (Lipinski definition) is 0. The Morgan fingerprint density at radius 1 is 0.875 bits per heavy atom. The molecule has 8 heteroatoms. The van der Waals surface area contributed by atoms with Crippen LogP contribution in [0.1, 0.15) is 0 Å². The normalized spacial score (nSPS) is 16.0. The van der Waals surface area contributed by atoms with Gasteiger partial charge in [0.15, 0.2) is 0 Å². The number of alkyl halides is 1.